The molecule has 0 aliphatic rings. The van der Waals surface area contributed by atoms with Crippen LogP contribution in [-0.4, -0.2) is 15.1 Å². The molecule has 0 aromatic carbocycles. The molecule has 0 bridgehead atoms. The minimum atomic E-state index is 0.380. The van der Waals surface area contributed by atoms with Gasteiger partial charge >= 0.3 is 0 Å². The highest BCUT2D eigenvalue weighted by molar-refractivity contribution is 9.09. The molecule has 0 N–H and O–H groups in total. The van der Waals surface area contributed by atoms with E-state index < -0.39 is 0 Å². The molecule has 110 valence electrons. The first-order chi connectivity index (χ1) is 9.10. The van der Waals surface area contributed by atoms with Crippen LogP contribution in [0.3, 0.4) is 0 Å². The van der Waals surface area contributed by atoms with Gasteiger partial charge in [-0.2, -0.15) is 5.10 Å². The van der Waals surface area contributed by atoms with Gasteiger partial charge in [-0.25, -0.2) is 0 Å². The van der Waals surface area contributed by atoms with Crippen molar-refractivity contribution in [3.05, 3.63) is 18.0 Å². The average Bonchev–Trinajstić information content (AvgIpc) is 2.91. The number of alkyl halides is 1. The van der Waals surface area contributed by atoms with Gasteiger partial charge in [-0.15, -0.1) is 0 Å². The predicted molar refractivity (Wildman–Crippen MR) is 87.0 cm³/mol. The summed E-state index contributed by atoms with van der Waals surface area (Å²) in [5, 5.41) is 5.84. The number of hydrogen-bond donors (Lipinski definition) is 0. The lowest BCUT2D eigenvalue weighted by Gasteiger charge is -2.30. The summed E-state index contributed by atoms with van der Waals surface area (Å²) in [4.78, 5) is 0. The zero-order valence-corrected chi connectivity index (χ0v) is 14.5. The van der Waals surface area contributed by atoms with E-state index in [1.54, 1.807) is 0 Å². The molecule has 1 heterocycles. The van der Waals surface area contributed by atoms with Crippen molar-refractivity contribution in [2.75, 3.05) is 5.33 Å². The Hall–Kier alpha value is -0.310. The standard InChI is InChI=1S/C16H29BrN2/c1-5-8-10-16(7-3,13-17)12-15-9-11-19(18-15)14(4)6-2/h9,11,14H,5-8,10,12-13H2,1-4H3. The topological polar surface area (TPSA) is 17.8 Å². The summed E-state index contributed by atoms with van der Waals surface area (Å²) >= 11 is 3.74. The second kappa shape index (κ2) is 8.08. The second-order valence-corrected chi connectivity index (χ2v) is 6.37. The molecule has 0 aliphatic carbocycles. The first-order valence-corrected chi connectivity index (χ1v) is 8.83. The highest BCUT2D eigenvalue weighted by Crippen LogP contribution is 2.34. The van der Waals surface area contributed by atoms with Crippen molar-refractivity contribution in [2.24, 2.45) is 5.41 Å². The number of unbranched alkanes of at least 4 members (excludes halogenated alkanes) is 1. The molecule has 2 unspecified atom stereocenters. The molecule has 19 heavy (non-hydrogen) atoms. The van der Waals surface area contributed by atoms with Crippen molar-refractivity contribution in [1.82, 2.24) is 9.78 Å². The third-order valence-corrected chi connectivity index (χ3v) is 5.55. The summed E-state index contributed by atoms with van der Waals surface area (Å²) in [7, 11) is 0. The van der Waals surface area contributed by atoms with Gasteiger partial charge in [0, 0.05) is 17.6 Å². The molecule has 1 aromatic rings. The van der Waals surface area contributed by atoms with E-state index in [-0.39, 0.29) is 0 Å². The Morgan fingerprint density at radius 2 is 2.11 bits per heavy atom. The lowest BCUT2D eigenvalue weighted by Crippen LogP contribution is -2.25. The first kappa shape index (κ1) is 16.7. The summed E-state index contributed by atoms with van der Waals surface area (Å²) in [6.45, 7) is 9.02. The maximum atomic E-state index is 4.77. The quantitative estimate of drug-likeness (QED) is 0.556. The third kappa shape index (κ3) is 4.62. The molecule has 1 aromatic heterocycles. The number of aromatic nitrogens is 2. The first-order valence-electron chi connectivity index (χ1n) is 7.70. The number of halogens is 1. The van der Waals surface area contributed by atoms with E-state index in [4.69, 9.17) is 5.10 Å². The average molecular weight is 329 g/mol. The summed E-state index contributed by atoms with van der Waals surface area (Å²) in [6, 6.07) is 2.70. The Balaban J connectivity index is 2.75. The van der Waals surface area contributed by atoms with Crippen LogP contribution in [0.2, 0.25) is 0 Å². The summed E-state index contributed by atoms with van der Waals surface area (Å²) in [5.74, 6) is 0. The van der Waals surface area contributed by atoms with Crippen molar-refractivity contribution < 1.29 is 0 Å². The molecule has 0 amide bonds. The van der Waals surface area contributed by atoms with Crippen LogP contribution in [-0.2, 0) is 6.42 Å². The molecule has 0 radical (unpaired) electrons. The van der Waals surface area contributed by atoms with Gasteiger partial charge in [0.1, 0.15) is 0 Å². The van der Waals surface area contributed by atoms with Gasteiger partial charge in [0.15, 0.2) is 0 Å². The van der Waals surface area contributed by atoms with Crippen molar-refractivity contribution in [3.63, 3.8) is 0 Å². The molecular formula is C16H29BrN2. The van der Waals surface area contributed by atoms with E-state index in [2.05, 4.69) is 60.6 Å². The number of rotatable bonds is 9. The molecule has 0 saturated carbocycles. The van der Waals surface area contributed by atoms with Crippen molar-refractivity contribution >= 4 is 15.9 Å². The van der Waals surface area contributed by atoms with Gasteiger partial charge in [-0.05, 0) is 44.1 Å². The van der Waals surface area contributed by atoms with E-state index in [9.17, 15) is 0 Å². The second-order valence-electron chi connectivity index (χ2n) is 5.81. The molecule has 2 nitrogen and oxygen atoms in total. The van der Waals surface area contributed by atoms with Crippen molar-refractivity contribution in [3.8, 4) is 0 Å². The van der Waals surface area contributed by atoms with Crippen molar-refractivity contribution in [1.29, 1.82) is 0 Å². The molecule has 0 spiro atoms. The van der Waals surface area contributed by atoms with Crippen LogP contribution in [0.5, 0.6) is 0 Å². The maximum absolute atomic E-state index is 4.77. The lowest BCUT2D eigenvalue weighted by molar-refractivity contribution is 0.279. The Bertz CT molecular complexity index is 355. The monoisotopic (exact) mass is 328 g/mol. The van der Waals surface area contributed by atoms with Crippen LogP contribution >= 0.6 is 15.9 Å². The molecule has 0 fully saturated rings. The van der Waals surface area contributed by atoms with Crippen LogP contribution in [0.15, 0.2) is 12.3 Å². The fraction of sp³-hybridized carbons (Fsp3) is 0.812. The zero-order chi connectivity index (χ0) is 14.3. The number of nitrogens with zero attached hydrogens (tertiary/aromatic N) is 2. The van der Waals surface area contributed by atoms with E-state index in [1.165, 1.54) is 31.4 Å². The fourth-order valence-corrected chi connectivity index (χ4v) is 3.31. The normalized spacial score (nSPS) is 16.3. The number of hydrogen-bond acceptors (Lipinski definition) is 1. The van der Waals surface area contributed by atoms with Gasteiger partial charge in [0.25, 0.3) is 0 Å². The Labute approximate surface area is 127 Å². The van der Waals surface area contributed by atoms with E-state index in [0.29, 0.717) is 11.5 Å². The molecule has 0 aliphatic heterocycles. The third-order valence-electron chi connectivity index (χ3n) is 4.36. The predicted octanol–water partition coefficient (Wildman–Crippen LogP) is 5.38. The SMILES string of the molecule is CCCCC(CC)(CBr)Cc1ccn(C(C)CC)n1. The van der Waals surface area contributed by atoms with Gasteiger partial charge < -0.3 is 0 Å². The summed E-state index contributed by atoms with van der Waals surface area (Å²) in [5.41, 5.74) is 1.63. The molecule has 0 saturated heterocycles. The van der Waals surface area contributed by atoms with Gasteiger partial charge in [-0.3, -0.25) is 4.68 Å². The van der Waals surface area contributed by atoms with Crippen LogP contribution < -0.4 is 0 Å². The van der Waals surface area contributed by atoms with E-state index >= 15 is 0 Å². The van der Waals surface area contributed by atoms with E-state index in [0.717, 1.165) is 18.2 Å². The van der Waals surface area contributed by atoms with Crippen molar-refractivity contribution in [2.45, 2.75) is 72.3 Å². The van der Waals surface area contributed by atoms with Crippen LogP contribution in [0, 0.1) is 5.41 Å². The Morgan fingerprint density at radius 3 is 2.63 bits per heavy atom. The van der Waals surface area contributed by atoms with E-state index in [1.807, 2.05) is 0 Å². The highest BCUT2D eigenvalue weighted by Gasteiger charge is 2.27. The zero-order valence-electron chi connectivity index (χ0n) is 13.0. The minimum absolute atomic E-state index is 0.380. The lowest BCUT2D eigenvalue weighted by atomic mass is 9.78. The Morgan fingerprint density at radius 1 is 1.37 bits per heavy atom. The molecule has 2 atom stereocenters. The maximum Gasteiger partial charge on any atom is 0.0630 e. The van der Waals surface area contributed by atoms with Crippen LogP contribution in [0.4, 0.5) is 0 Å². The van der Waals surface area contributed by atoms with Crippen LogP contribution in [0.25, 0.3) is 0 Å². The molecule has 3 heteroatoms. The van der Waals surface area contributed by atoms with Gasteiger partial charge in [0.2, 0.25) is 0 Å². The summed E-state index contributed by atoms with van der Waals surface area (Å²) < 4.78 is 2.11. The van der Waals surface area contributed by atoms with Gasteiger partial charge in [-0.1, -0.05) is 49.5 Å². The molecular weight excluding hydrogens is 300 g/mol. The summed E-state index contributed by atoms with van der Waals surface area (Å²) in [6.07, 6.45) is 9.46. The smallest absolute Gasteiger partial charge is 0.0630 e. The Kier molecular flexibility index (Phi) is 7.12. The minimum Gasteiger partial charge on any atom is -0.270 e. The molecule has 1 rings (SSSR count). The largest absolute Gasteiger partial charge is 0.270 e. The fourth-order valence-electron chi connectivity index (χ4n) is 2.44. The van der Waals surface area contributed by atoms with Gasteiger partial charge in [0.05, 0.1) is 5.69 Å². The van der Waals surface area contributed by atoms with Crippen LogP contribution in [0.1, 0.15) is 71.5 Å². The highest BCUT2D eigenvalue weighted by atomic mass is 79.9.